The van der Waals surface area contributed by atoms with Gasteiger partial charge in [-0.2, -0.15) is 0 Å². The summed E-state index contributed by atoms with van der Waals surface area (Å²) in [6.45, 7) is 1.76. The van der Waals surface area contributed by atoms with Crippen LogP contribution >= 0.6 is 0 Å². The molecule has 0 aromatic carbocycles. The number of hydrogen-bond acceptors (Lipinski definition) is 7. The van der Waals surface area contributed by atoms with Crippen LogP contribution in [0.15, 0.2) is 12.1 Å². The molecule has 184 valence electrons. The number of alkyl halides is 1. The van der Waals surface area contributed by atoms with Crippen LogP contribution in [0.4, 0.5) is 9.18 Å². The summed E-state index contributed by atoms with van der Waals surface area (Å²) in [7, 11) is 3.46. The summed E-state index contributed by atoms with van der Waals surface area (Å²) in [5.41, 5.74) is -0.0796. The number of aromatic nitrogens is 4. The maximum Gasteiger partial charge on any atom is 0.410 e. The number of aliphatic carboxylic acids is 1. The average Bonchev–Trinajstić information content (AvgIpc) is 3.12. The molecule has 0 radical (unpaired) electrons. The van der Waals surface area contributed by atoms with Gasteiger partial charge in [-0.3, -0.25) is 0 Å². The van der Waals surface area contributed by atoms with Gasteiger partial charge in [0.15, 0.2) is 0 Å². The third-order valence-electron chi connectivity index (χ3n) is 6.79. The molecule has 2 heterocycles. The van der Waals surface area contributed by atoms with Gasteiger partial charge in [-0.1, -0.05) is 5.21 Å². The fourth-order valence-corrected chi connectivity index (χ4v) is 4.35. The van der Waals surface area contributed by atoms with E-state index in [1.54, 1.807) is 42.7 Å². The van der Waals surface area contributed by atoms with Gasteiger partial charge in [-0.05, 0) is 57.6 Å². The molecule has 1 amide bonds. The highest BCUT2D eigenvalue weighted by atomic mass is 19.1. The Balaban J connectivity index is 1.45. The highest BCUT2D eigenvalue weighted by Crippen LogP contribution is 2.35. The molecule has 2 saturated carbocycles. The van der Waals surface area contributed by atoms with Crippen molar-refractivity contribution in [3.63, 3.8) is 0 Å². The number of carboxylic acid groups (broad SMARTS) is 1. The van der Waals surface area contributed by atoms with E-state index in [0.717, 1.165) is 19.3 Å². The van der Waals surface area contributed by atoms with Crippen molar-refractivity contribution in [2.24, 2.45) is 7.05 Å². The predicted octanol–water partition coefficient (Wildman–Crippen LogP) is 3.42. The Kier molecular flexibility index (Phi) is 6.72. The summed E-state index contributed by atoms with van der Waals surface area (Å²) >= 11 is 0. The largest absolute Gasteiger partial charge is 0.488 e. The third kappa shape index (κ3) is 4.83. The number of ether oxygens (including phenoxy) is 2. The topological polar surface area (TPSA) is 120 Å². The molecular weight excluding hydrogens is 445 g/mol. The van der Waals surface area contributed by atoms with E-state index in [1.807, 2.05) is 0 Å². The SMILES string of the molecule is Cc1nc(-c2nnn(C)c2COC(=O)N(C)C2CCC2)ccc1O[C@H]1CCC[C@](F)(C(=O)O)C1. The van der Waals surface area contributed by atoms with Gasteiger partial charge in [0.1, 0.15) is 29.8 Å². The first kappa shape index (κ1) is 23.9. The van der Waals surface area contributed by atoms with Crippen molar-refractivity contribution in [3.8, 4) is 17.1 Å². The number of carbonyl (C=O) groups is 2. The molecule has 0 spiro atoms. The molecule has 0 bridgehead atoms. The zero-order chi connectivity index (χ0) is 24.5. The Morgan fingerprint density at radius 1 is 1.29 bits per heavy atom. The highest BCUT2D eigenvalue weighted by molar-refractivity contribution is 5.77. The zero-order valence-corrected chi connectivity index (χ0v) is 19.7. The lowest BCUT2D eigenvalue weighted by atomic mass is 9.84. The fraction of sp³-hybridized carbons (Fsp3) is 0.609. The van der Waals surface area contributed by atoms with Crippen molar-refractivity contribution in [1.82, 2.24) is 24.9 Å². The summed E-state index contributed by atoms with van der Waals surface area (Å²) in [5, 5.41) is 17.4. The third-order valence-corrected chi connectivity index (χ3v) is 6.79. The van der Waals surface area contributed by atoms with E-state index in [1.165, 1.54) is 0 Å². The minimum atomic E-state index is -2.26. The number of rotatable bonds is 7. The minimum absolute atomic E-state index is 0.00352. The lowest BCUT2D eigenvalue weighted by molar-refractivity contribution is -0.155. The van der Waals surface area contributed by atoms with Crippen LogP contribution in [-0.4, -0.2) is 66.9 Å². The number of carbonyl (C=O) groups excluding carboxylic acids is 1. The first-order valence-corrected chi connectivity index (χ1v) is 11.5. The molecule has 0 aliphatic heterocycles. The van der Waals surface area contributed by atoms with Gasteiger partial charge in [0, 0.05) is 26.6 Å². The van der Waals surface area contributed by atoms with Crippen LogP contribution in [0.1, 0.15) is 56.3 Å². The van der Waals surface area contributed by atoms with E-state index in [9.17, 15) is 19.1 Å². The summed E-state index contributed by atoms with van der Waals surface area (Å²) < 4.78 is 27.5. The van der Waals surface area contributed by atoms with Crippen LogP contribution in [0.3, 0.4) is 0 Å². The first-order valence-electron chi connectivity index (χ1n) is 11.5. The van der Waals surface area contributed by atoms with E-state index >= 15 is 0 Å². The standard InChI is InChI=1S/C23H30FN5O5/c1-14-19(34-16-8-5-11-23(24,12-16)21(30)31)10-9-17(25-14)20-18(29(3)27-26-20)13-33-22(32)28(2)15-6-4-7-15/h9-10,15-16H,4-8,11-13H2,1-3H3,(H,30,31)/t16-,23+/m0/s1. The summed E-state index contributed by atoms with van der Waals surface area (Å²) in [6, 6.07) is 3.65. The normalized spacial score (nSPS) is 22.6. The van der Waals surface area contributed by atoms with Gasteiger partial charge in [-0.15, -0.1) is 5.10 Å². The molecule has 10 nitrogen and oxygen atoms in total. The summed E-state index contributed by atoms with van der Waals surface area (Å²) in [4.78, 5) is 29.8. The molecule has 2 aromatic rings. The fourth-order valence-electron chi connectivity index (χ4n) is 4.35. The lowest BCUT2D eigenvalue weighted by Gasteiger charge is -2.33. The van der Waals surface area contributed by atoms with E-state index in [4.69, 9.17) is 9.47 Å². The lowest BCUT2D eigenvalue weighted by Crippen LogP contribution is -2.42. The van der Waals surface area contributed by atoms with Crippen molar-refractivity contribution >= 4 is 12.1 Å². The van der Waals surface area contributed by atoms with Crippen LogP contribution < -0.4 is 4.74 Å². The molecule has 2 aliphatic carbocycles. The Hall–Kier alpha value is -3.24. The minimum Gasteiger partial charge on any atom is -0.488 e. The Morgan fingerprint density at radius 3 is 2.71 bits per heavy atom. The number of carboxylic acids is 1. The Labute approximate surface area is 197 Å². The Bertz CT molecular complexity index is 1070. The van der Waals surface area contributed by atoms with Gasteiger partial charge < -0.3 is 19.5 Å². The van der Waals surface area contributed by atoms with Gasteiger partial charge in [0.25, 0.3) is 0 Å². The second kappa shape index (κ2) is 9.55. The summed E-state index contributed by atoms with van der Waals surface area (Å²) in [6.07, 6.45) is 3.00. The van der Waals surface area contributed by atoms with Crippen molar-refractivity contribution in [1.29, 1.82) is 0 Å². The predicted molar refractivity (Wildman–Crippen MR) is 119 cm³/mol. The van der Waals surface area contributed by atoms with Gasteiger partial charge >= 0.3 is 12.1 Å². The van der Waals surface area contributed by atoms with Crippen molar-refractivity contribution < 1.29 is 28.6 Å². The van der Waals surface area contributed by atoms with Gasteiger partial charge in [-0.25, -0.2) is 23.6 Å². The van der Waals surface area contributed by atoms with Gasteiger partial charge in [0.2, 0.25) is 5.67 Å². The quantitative estimate of drug-likeness (QED) is 0.647. The molecule has 2 atom stereocenters. The monoisotopic (exact) mass is 475 g/mol. The molecule has 2 fully saturated rings. The van der Waals surface area contributed by atoms with Crippen LogP contribution in [0.2, 0.25) is 0 Å². The molecule has 2 aliphatic rings. The molecule has 1 N–H and O–H groups in total. The number of pyridine rings is 1. The van der Waals surface area contributed by atoms with Crippen molar-refractivity contribution in [3.05, 3.63) is 23.5 Å². The molecule has 2 aromatic heterocycles. The molecule has 0 saturated heterocycles. The van der Waals surface area contributed by atoms with E-state index < -0.39 is 17.7 Å². The maximum absolute atomic E-state index is 14.6. The number of aryl methyl sites for hydroxylation is 2. The number of halogens is 1. The van der Waals surface area contributed by atoms with Gasteiger partial charge in [0.05, 0.1) is 11.4 Å². The van der Waals surface area contributed by atoms with E-state index in [2.05, 4.69) is 15.3 Å². The number of amides is 1. The first-order chi connectivity index (χ1) is 16.2. The number of hydrogen-bond donors (Lipinski definition) is 1. The van der Waals surface area contributed by atoms with Crippen molar-refractivity contribution in [2.45, 2.75) is 76.3 Å². The number of nitrogens with zero attached hydrogens (tertiary/aromatic N) is 5. The Morgan fingerprint density at radius 2 is 2.06 bits per heavy atom. The smallest absolute Gasteiger partial charge is 0.410 e. The maximum atomic E-state index is 14.6. The van der Waals surface area contributed by atoms with Crippen molar-refractivity contribution in [2.75, 3.05) is 7.05 Å². The zero-order valence-electron chi connectivity index (χ0n) is 19.7. The second-order valence-electron chi connectivity index (χ2n) is 9.15. The van der Waals surface area contributed by atoms with E-state index in [-0.39, 0.29) is 31.6 Å². The molecule has 34 heavy (non-hydrogen) atoms. The van der Waals surface area contributed by atoms with Crippen LogP contribution in [0, 0.1) is 6.92 Å². The van der Waals surface area contributed by atoms with Crippen LogP contribution in [-0.2, 0) is 23.2 Å². The van der Waals surface area contributed by atoms with E-state index in [0.29, 0.717) is 41.4 Å². The molecule has 11 heteroatoms. The second-order valence-corrected chi connectivity index (χ2v) is 9.15. The molecule has 4 rings (SSSR count). The highest BCUT2D eigenvalue weighted by Gasteiger charge is 2.44. The van der Waals surface area contributed by atoms with Crippen LogP contribution in [0.25, 0.3) is 11.4 Å². The molecule has 0 unspecified atom stereocenters. The molecular formula is C23H30FN5O5. The summed E-state index contributed by atoms with van der Waals surface area (Å²) in [5.74, 6) is -0.983. The average molecular weight is 476 g/mol. The van der Waals surface area contributed by atoms with Crippen LogP contribution in [0.5, 0.6) is 5.75 Å².